The van der Waals surface area contributed by atoms with E-state index in [1.54, 1.807) is 7.11 Å². The van der Waals surface area contributed by atoms with Gasteiger partial charge in [0.05, 0.1) is 13.2 Å². The molecule has 1 rings (SSSR count). The molecule has 1 aromatic rings. The average Bonchev–Trinajstić information content (AvgIpc) is 2.35. The van der Waals surface area contributed by atoms with Crippen LogP contribution in [-0.2, 0) is 5.41 Å². The summed E-state index contributed by atoms with van der Waals surface area (Å²) in [6.07, 6.45) is 0. The number of hydrogen-bond acceptors (Lipinski definition) is 3. The van der Waals surface area contributed by atoms with Crippen LogP contribution in [0.25, 0.3) is 0 Å². The van der Waals surface area contributed by atoms with Crippen molar-refractivity contribution in [2.75, 3.05) is 14.2 Å². The molecule has 1 unspecified atom stereocenters. The van der Waals surface area contributed by atoms with Gasteiger partial charge in [0.25, 0.3) is 0 Å². The Bertz CT molecular complexity index is 433. The van der Waals surface area contributed by atoms with Gasteiger partial charge < -0.3 is 15.8 Å². The Labute approximate surface area is 117 Å². The van der Waals surface area contributed by atoms with Crippen molar-refractivity contribution in [3.05, 3.63) is 29.3 Å². The molecule has 0 aliphatic heterocycles. The number of benzene rings is 1. The second-order valence-corrected chi connectivity index (χ2v) is 6.66. The van der Waals surface area contributed by atoms with Gasteiger partial charge in [-0.25, -0.2) is 0 Å². The van der Waals surface area contributed by atoms with E-state index in [0.29, 0.717) is 0 Å². The first-order chi connectivity index (χ1) is 8.63. The van der Waals surface area contributed by atoms with Gasteiger partial charge in [-0.1, -0.05) is 26.8 Å². The van der Waals surface area contributed by atoms with E-state index in [4.69, 9.17) is 10.5 Å². The van der Waals surface area contributed by atoms with Gasteiger partial charge in [-0.3, -0.25) is 0 Å². The molecule has 3 N–H and O–H groups in total. The number of methoxy groups -OCH3 is 1. The molecule has 0 aromatic heterocycles. The molecule has 1 aromatic carbocycles. The second-order valence-electron chi connectivity index (χ2n) is 6.66. The molecule has 0 aliphatic carbocycles. The normalized spacial score (nSPS) is 14.3. The molecule has 0 amide bonds. The summed E-state index contributed by atoms with van der Waals surface area (Å²) < 4.78 is 5.47. The van der Waals surface area contributed by atoms with Gasteiger partial charge in [0, 0.05) is 11.1 Å². The summed E-state index contributed by atoms with van der Waals surface area (Å²) in [6, 6.07) is 6.17. The molecule has 0 radical (unpaired) electrons. The Hall–Kier alpha value is -1.06. The summed E-state index contributed by atoms with van der Waals surface area (Å²) in [4.78, 5) is 0. The molecule has 0 bridgehead atoms. The van der Waals surface area contributed by atoms with Crippen LogP contribution in [0.4, 0.5) is 0 Å². The van der Waals surface area contributed by atoms with Gasteiger partial charge in [0.1, 0.15) is 5.75 Å². The summed E-state index contributed by atoms with van der Waals surface area (Å²) in [6.45, 7) is 10.8. The molecule has 0 heterocycles. The van der Waals surface area contributed by atoms with Gasteiger partial charge in [0.2, 0.25) is 0 Å². The Balaban J connectivity index is 3.31. The molecular weight excluding hydrogens is 236 g/mol. The first-order valence-electron chi connectivity index (χ1n) is 6.76. The smallest absolute Gasteiger partial charge is 0.123 e. The number of rotatable bonds is 4. The lowest BCUT2D eigenvalue weighted by Gasteiger charge is -2.33. The van der Waals surface area contributed by atoms with E-state index in [1.165, 1.54) is 5.56 Å². The van der Waals surface area contributed by atoms with Crippen molar-refractivity contribution >= 4 is 0 Å². The molecule has 0 spiro atoms. The lowest BCUT2D eigenvalue weighted by atomic mass is 9.82. The van der Waals surface area contributed by atoms with Crippen molar-refractivity contribution in [1.82, 2.24) is 5.32 Å². The monoisotopic (exact) mass is 264 g/mol. The minimum absolute atomic E-state index is 0.102. The maximum absolute atomic E-state index is 6.43. The Morgan fingerprint density at radius 2 is 1.74 bits per heavy atom. The van der Waals surface area contributed by atoms with Crippen molar-refractivity contribution in [1.29, 1.82) is 0 Å². The van der Waals surface area contributed by atoms with Crippen LogP contribution in [-0.4, -0.2) is 19.7 Å². The zero-order valence-electron chi connectivity index (χ0n) is 13.3. The number of likely N-dealkylation sites (N-methyl/N-ethyl adjacent to an activating group) is 1. The van der Waals surface area contributed by atoms with Crippen LogP contribution < -0.4 is 15.8 Å². The highest BCUT2D eigenvalue weighted by atomic mass is 16.5. The fourth-order valence-corrected chi connectivity index (χ4v) is 1.99. The summed E-state index contributed by atoms with van der Waals surface area (Å²) in [5.41, 5.74) is 8.66. The quantitative estimate of drug-likeness (QED) is 0.879. The first kappa shape index (κ1) is 16.0. The maximum Gasteiger partial charge on any atom is 0.123 e. The minimum atomic E-state index is -0.191. The number of nitrogens with one attached hydrogen (secondary N) is 1. The van der Waals surface area contributed by atoms with E-state index in [0.717, 1.165) is 11.3 Å². The lowest BCUT2D eigenvalue weighted by molar-refractivity contribution is 0.333. The van der Waals surface area contributed by atoms with Crippen molar-refractivity contribution in [3.8, 4) is 5.75 Å². The zero-order valence-corrected chi connectivity index (χ0v) is 13.3. The first-order valence-corrected chi connectivity index (χ1v) is 6.76. The summed E-state index contributed by atoms with van der Waals surface area (Å²) in [5.74, 6) is 0.851. The van der Waals surface area contributed by atoms with E-state index in [9.17, 15) is 0 Å². The molecule has 19 heavy (non-hydrogen) atoms. The number of ether oxygens (including phenoxy) is 1. The minimum Gasteiger partial charge on any atom is -0.496 e. The molecule has 1 atom stereocenters. The van der Waals surface area contributed by atoms with Crippen LogP contribution in [0.5, 0.6) is 5.75 Å². The Morgan fingerprint density at radius 1 is 1.16 bits per heavy atom. The predicted octanol–water partition coefficient (Wildman–Crippen LogP) is 2.99. The fourth-order valence-electron chi connectivity index (χ4n) is 1.99. The Kier molecular flexibility index (Phi) is 4.64. The standard InChI is InChI=1S/C16H28N2O/c1-15(2,3)11-8-9-13(19-7)12(10-11)14(17)16(4,5)18-6/h8-10,14,18H,17H2,1-7H3. The third kappa shape index (κ3) is 3.48. The van der Waals surface area contributed by atoms with Crippen molar-refractivity contribution in [3.63, 3.8) is 0 Å². The summed E-state index contributed by atoms with van der Waals surface area (Å²) in [5, 5.41) is 3.27. The van der Waals surface area contributed by atoms with E-state index in [2.05, 4.69) is 52.1 Å². The summed E-state index contributed by atoms with van der Waals surface area (Å²) in [7, 11) is 3.62. The van der Waals surface area contributed by atoms with Crippen LogP contribution in [0.2, 0.25) is 0 Å². The molecule has 3 heteroatoms. The largest absolute Gasteiger partial charge is 0.496 e. The molecular formula is C16H28N2O. The topological polar surface area (TPSA) is 47.3 Å². The highest BCUT2D eigenvalue weighted by molar-refractivity contribution is 5.42. The van der Waals surface area contributed by atoms with E-state index in [1.807, 2.05) is 13.1 Å². The van der Waals surface area contributed by atoms with Crippen molar-refractivity contribution in [2.45, 2.75) is 51.6 Å². The van der Waals surface area contributed by atoms with E-state index in [-0.39, 0.29) is 17.0 Å². The van der Waals surface area contributed by atoms with Crippen LogP contribution in [0, 0.1) is 0 Å². The van der Waals surface area contributed by atoms with Crippen LogP contribution >= 0.6 is 0 Å². The molecule has 0 aliphatic rings. The maximum atomic E-state index is 6.43. The third-order valence-corrected chi connectivity index (χ3v) is 3.85. The highest BCUT2D eigenvalue weighted by Crippen LogP contribution is 2.34. The van der Waals surface area contributed by atoms with Crippen molar-refractivity contribution < 1.29 is 4.74 Å². The van der Waals surface area contributed by atoms with Gasteiger partial charge in [-0.05, 0) is 44.0 Å². The number of hydrogen-bond donors (Lipinski definition) is 2. The van der Waals surface area contributed by atoms with Crippen LogP contribution in [0.15, 0.2) is 18.2 Å². The van der Waals surface area contributed by atoms with Gasteiger partial charge in [0.15, 0.2) is 0 Å². The van der Waals surface area contributed by atoms with Crippen LogP contribution in [0.1, 0.15) is 51.8 Å². The highest BCUT2D eigenvalue weighted by Gasteiger charge is 2.29. The third-order valence-electron chi connectivity index (χ3n) is 3.85. The fraction of sp³-hybridized carbons (Fsp3) is 0.625. The molecule has 0 saturated carbocycles. The lowest BCUT2D eigenvalue weighted by Crippen LogP contribution is -2.46. The van der Waals surface area contributed by atoms with Gasteiger partial charge in [-0.15, -0.1) is 0 Å². The second kappa shape index (κ2) is 5.51. The Morgan fingerprint density at radius 3 is 2.16 bits per heavy atom. The average molecular weight is 264 g/mol. The molecule has 0 fully saturated rings. The zero-order chi connectivity index (χ0) is 14.8. The van der Waals surface area contributed by atoms with Gasteiger partial charge in [-0.2, -0.15) is 0 Å². The summed E-state index contributed by atoms with van der Waals surface area (Å²) >= 11 is 0. The SMILES string of the molecule is CNC(C)(C)C(N)c1cc(C(C)(C)C)ccc1OC. The van der Waals surface area contributed by atoms with Crippen molar-refractivity contribution in [2.24, 2.45) is 5.73 Å². The molecule has 0 saturated heterocycles. The van der Waals surface area contributed by atoms with E-state index >= 15 is 0 Å². The van der Waals surface area contributed by atoms with E-state index < -0.39 is 0 Å². The molecule has 3 nitrogen and oxygen atoms in total. The predicted molar refractivity (Wildman–Crippen MR) is 81.8 cm³/mol. The molecule has 108 valence electrons. The number of nitrogens with two attached hydrogens (primary N) is 1. The van der Waals surface area contributed by atoms with Gasteiger partial charge >= 0.3 is 0 Å². The van der Waals surface area contributed by atoms with Crippen LogP contribution in [0.3, 0.4) is 0 Å².